The number of guanidine groups is 2. The smallest absolute Gasteiger partial charge is 0.259 e. The molecule has 1 amide bonds. The first-order valence-electron chi connectivity index (χ1n) is 11.6. The minimum absolute atomic E-state index is 0.103. The number of aliphatic imine (C=N–C) groups is 2. The molecule has 3 aromatic carbocycles. The number of nitrogens with zero attached hydrogens (tertiary/aromatic N) is 3. The Labute approximate surface area is 203 Å². The van der Waals surface area contributed by atoms with Crippen molar-refractivity contribution in [2.24, 2.45) is 21.5 Å². The number of hydrogen-bond donors (Lipinski definition) is 4. The predicted molar refractivity (Wildman–Crippen MR) is 138 cm³/mol. The molecule has 1 aliphatic carbocycles. The molecule has 1 heterocycles. The Hall–Kier alpha value is -4.27. The lowest BCUT2D eigenvalue weighted by Gasteiger charge is -2.46. The summed E-state index contributed by atoms with van der Waals surface area (Å²) in [5, 5.41) is 15.9. The van der Waals surface area contributed by atoms with Crippen molar-refractivity contribution in [3.63, 3.8) is 0 Å². The zero-order valence-electron chi connectivity index (χ0n) is 19.5. The van der Waals surface area contributed by atoms with Crippen LogP contribution >= 0.6 is 0 Å². The maximum atomic E-state index is 13.4. The summed E-state index contributed by atoms with van der Waals surface area (Å²) >= 11 is 0. The normalized spacial score (nSPS) is 17.1. The lowest BCUT2D eigenvalue weighted by Crippen LogP contribution is -2.58. The average molecular weight is 473 g/mol. The SMILES string of the molecule is COc1ccccc1NC(=O)c1cc2ccccc2c(N2C(N)=NC(N)=NC23CCCCC3)c1O. The molecule has 9 heteroatoms. The lowest BCUT2D eigenvalue weighted by atomic mass is 9.86. The summed E-state index contributed by atoms with van der Waals surface area (Å²) in [6, 6.07) is 16.3. The van der Waals surface area contributed by atoms with Crippen LogP contribution in [0.25, 0.3) is 10.8 Å². The van der Waals surface area contributed by atoms with E-state index in [-0.39, 0.29) is 23.2 Å². The molecule has 0 radical (unpaired) electrons. The van der Waals surface area contributed by atoms with Crippen LogP contribution < -0.4 is 26.4 Å². The predicted octanol–water partition coefficient (Wildman–Crippen LogP) is 3.92. The van der Waals surface area contributed by atoms with Crippen LogP contribution in [0.1, 0.15) is 42.5 Å². The summed E-state index contributed by atoms with van der Waals surface area (Å²) < 4.78 is 5.36. The van der Waals surface area contributed by atoms with Gasteiger partial charge in [0.15, 0.2) is 5.75 Å². The van der Waals surface area contributed by atoms with Crippen molar-refractivity contribution in [3.05, 3.63) is 60.2 Å². The number of anilines is 2. The topological polar surface area (TPSA) is 139 Å². The third kappa shape index (κ3) is 3.88. The van der Waals surface area contributed by atoms with E-state index in [2.05, 4.69) is 10.3 Å². The number of phenolic OH excluding ortho intramolecular Hbond substituents is 1. The van der Waals surface area contributed by atoms with E-state index in [1.165, 1.54) is 7.11 Å². The van der Waals surface area contributed by atoms with E-state index in [4.69, 9.17) is 21.2 Å². The van der Waals surface area contributed by atoms with Crippen molar-refractivity contribution in [1.29, 1.82) is 0 Å². The number of phenols is 1. The van der Waals surface area contributed by atoms with Crippen molar-refractivity contribution in [2.45, 2.75) is 37.8 Å². The monoisotopic (exact) mass is 472 g/mol. The van der Waals surface area contributed by atoms with Crippen molar-refractivity contribution in [3.8, 4) is 11.5 Å². The summed E-state index contributed by atoms with van der Waals surface area (Å²) in [7, 11) is 1.53. The van der Waals surface area contributed by atoms with Gasteiger partial charge < -0.3 is 26.6 Å². The molecule has 0 saturated heterocycles. The second kappa shape index (κ2) is 8.83. The van der Waals surface area contributed by atoms with Crippen LogP contribution in [0.2, 0.25) is 0 Å². The van der Waals surface area contributed by atoms with Crippen LogP contribution in [-0.2, 0) is 0 Å². The van der Waals surface area contributed by atoms with Gasteiger partial charge in [0.2, 0.25) is 11.9 Å². The van der Waals surface area contributed by atoms with E-state index < -0.39 is 11.6 Å². The maximum Gasteiger partial charge on any atom is 0.259 e. The number of aromatic hydroxyl groups is 1. The first kappa shape index (κ1) is 22.5. The third-order valence-corrected chi connectivity index (χ3v) is 6.67. The summed E-state index contributed by atoms with van der Waals surface area (Å²) in [6.07, 6.45) is 4.36. The minimum atomic E-state index is -0.772. The van der Waals surface area contributed by atoms with E-state index in [1.807, 2.05) is 30.3 Å². The van der Waals surface area contributed by atoms with E-state index in [0.29, 0.717) is 30.0 Å². The molecule has 35 heavy (non-hydrogen) atoms. The molecule has 0 atom stereocenters. The second-order valence-corrected chi connectivity index (χ2v) is 8.82. The highest BCUT2D eigenvalue weighted by Crippen LogP contribution is 2.47. The van der Waals surface area contributed by atoms with Crippen molar-refractivity contribution >= 4 is 40.0 Å². The van der Waals surface area contributed by atoms with Crippen LogP contribution in [0.4, 0.5) is 11.4 Å². The van der Waals surface area contributed by atoms with Gasteiger partial charge in [-0.3, -0.25) is 9.69 Å². The first-order valence-corrected chi connectivity index (χ1v) is 11.6. The fraction of sp³-hybridized carbons (Fsp3) is 0.269. The van der Waals surface area contributed by atoms with Gasteiger partial charge in [-0.25, -0.2) is 4.99 Å². The Morgan fingerprint density at radius 2 is 1.80 bits per heavy atom. The standard InChI is InChI=1S/C26H28N6O3/c1-35-20-12-6-5-11-19(20)29-23(34)18-15-16-9-3-4-10-17(16)21(22(18)33)32-25(28)30-24(27)31-26(32)13-7-2-8-14-26/h3-6,9-12,15,33H,2,7-8,13-14H2,1H3,(H,29,34)(H4,27,28,30,31). The number of nitrogens with one attached hydrogen (secondary N) is 1. The number of ether oxygens (including phenoxy) is 1. The highest BCUT2D eigenvalue weighted by atomic mass is 16.5. The van der Waals surface area contributed by atoms with Gasteiger partial charge in [-0.2, -0.15) is 4.99 Å². The molecule has 9 nitrogen and oxygen atoms in total. The molecule has 0 unspecified atom stereocenters. The number of nitrogens with two attached hydrogens (primary N) is 2. The number of para-hydroxylation sites is 2. The summed E-state index contributed by atoms with van der Waals surface area (Å²) in [5.41, 5.74) is 12.7. The van der Waals surface area contributed by atoms with E-state index in [1.54, 1.807) is 29.2 Å². The third-order valence-electron chi connectivity index (χ3n) is 6.67. The number of methoxy groups -OCH3 is 1. The Morgan fingerprint density at radius 3 is 2.57 bits per heavy atom. The van der Waals surface area contributed by atoms with Gasteiger partial charge in [0, 0.05) is 5.39 Å². The summed E-state index contributed by atoms with van der Waals surface area (Å²) in [4.78, 5) is 24.1. The van der Waals surface area contributed by atoms with Gasteiger partial charge in [-0.1, -0.05) is 42.8 Å². The molecule has 2 aliphatic rings. The molecule has 180 valence electrons. The fourth-order valence-corrected chi connectivity index (χ4v) is 5.10. The largest absolute Gasteiger partial charge is 0.505 e. The van der Waals surface area contributed by atoms with Crippen molar-refractivity contribution in [2.75, 3.05) is 17.3 Å². The van der Waals surface area contributed by atoms with Gasteiger partial charge in [-0.15, -0.1) is 0 Å². The number of hydrogen-bond acceptors (Lipinski definition) is 8. The van der Waals surface area contributed by atoms with Crippen molar-refractivity contribution < 1.29 is 14.6 Å². The molecule has 1 saturated carbocycles. The average Bonchev–Trinajstić information content (AvgIpc) is 2.85. The highest BCUT2D eigenvalue weighted by Gasteiger charge is 2.44. The van der Waals surface area contributed by atoms with Gasteiger partial charge in [0.25, 0.3) is 5.91 Å². The van der Waals surface area contributed by atoms with Crippen molar-refractivity contribution in [1.82, 2.24) is 0 Å². The van der Waals surface area contributed by atoms with E-state index in [9.17, 15) is 9.90 Å². The molecule has 1 aliphatic heterocycles. The number of carbonyl (C=O) groups excluding carboxylic acids is 1. The van der Waals surface area contributed by atoms with Gasteiger partial charge in [0.1, 0.15) is 11.4 Å². The van der Waals surface area contributed by atoms with Gasteiger partial charge >= 0.3 is 0 Å². The molecule has 0 aromatic heterocycles. The zero-order valence-corrected chi connectivity index (χ0v) is 19.5. The Balaban J connectivity index is 1.68. The highest BCUT2D eigenvalue weighted by molar-refractivity contribution is 6.17. The van der Waals surface area contributed by atoms with E-state index in [0.717, 1.165) is 30.0 Å². The number of fused-ring (bicyclic) bond motifs is 1. The molecule has 5 rings (SSSR count). The van der Waals surface area contributed by atoms with Crippen LogP contribution in [0.5, 0.6) is 11.5 Å². The molecule has 1 fully saturated rings. The Kier molecular flexibility index (Phi) is 5.68. The van der Waals surface area contributed by atoms with E-state index >= 15 is 0 Å². The molecule has 6 N–H and O–H groups in total. The number of rotatable bonds is 4. The summed E-state index contributed by atoms with van der Waals surface area (Å²) in [5.74, 6) is 0.0958. The Morgan fingerprint density at radius 1 is 1.09 bits per heavy atom. The molecule has 0 bridgehead atoms. The number of amides is 1. The first-order chi connectivity index (χ1) is 16.9. The Bertz CT molecular complexity index is 1360. The maximum absolute atomic E-state index is 13.4. The number of carbonyl (C=O) groups is 1. The fourth-order valence-electron chi connectivity index (χ4n) is 5.10. The number of benzene rings is 3. The van der Waals surface area contributed by atoms with Gasteiger partial charge in [-0.05, 0) is 49.3 Å². The molecular weight excluding hydrogens is 444 g/mol. The molecule has 3 aromatic rings. The molecule has 1 spiro atoms. The quantitative estimate of drug-likeness (QED) is 0.454. The zero-order chi connectivity index (χ0) is 24.6. The minimum Gasteiger partial charge on any atom is -0.505 e. The second-order valence-electron chi connectivity index (χ2n) is 8.82. The van der Waals surface area contributed by atoms with Crippen LogP contribution in [0.3, 0.4) is 0 Å². The van der Waals surface area contributed by atoms with Crippen LogP contribution in [-0.4, -0.2) is 35.7 Å². The summed E-state index contributed by atoms with van der Waals surface area (Å²) in [6.45, 7) is 0. The van der Waals surface area contributed by atoms with Crippen LogP contribution in [0, 0.1) is 0 Å². The van der Waals surface area contributed by atoms with Gasteiger partial charge in [0.05, 0.1) is 24.0 Å². The van der Waals surface area contributed by atoms with Crippen LogP contribution in [0.15, 0.2) is 64.6 Å². The molecular formula is C26H28N6O3. The lowest BCUT2D eigenvalue weighted by molar-refractivity contribution is 0.102.